The highest BCUT2D eigenvalue weighted by Gasteiger charge is 2.28. The Morgan fingerprint density at radius 2 is 1.71 bits per heavy atom. The van der Waals surface area contributed by atoms with Crippen LogP contribution in [0.15, 0.2) is 18.2 Å². The summed E-state index contributed by atoms with van der Waals surface area (Å²) in [6, 6.07) is 2.66. The van der Waals surface area contributed by atoms with Gasteiger partial charge in [0, 0.05) is 25.2 Å². The average molecular weight is 410 g/mol. The molecule has 12 heteroatoms. The number of nitrogens with one attached hydrogen (secondary N) is 1. The minimum atomic E-state index is -0.817. The lowest BCUT2D eigenvalue weighted by molar-refractivity contribution is -0.394. The number of hydrogen-bond donors (Lipinski definition) is 1. The number of esters is 1. The number of rotatable bonds is 5. The van der Waals surface area contributed by atoms with Crippen LogP contribution in [-0.4, -0.2) is 51.4 Å². The number of piperidine rings is 1. The van der Waals surface area contributed by atoms with Gasteiger partial charge in [-0.25, -0.2) is 0 Å². The van der Waals surface area contributed by atoms with E-state index in [1.54, 1.807) is 11.8 Å². The number of carbonyl (C=O) groups is 2. The van der Waals surface area contributed by atoms with Gasteiger partial charge in [0.1, 0.15) is 0 Å². The molecule has 1 N–H and O–H groups in total. The predicted octanol–water partition coefficient (Wildman–Crippen LogP) is 1.79. The number of nitro benzene ring substituents is 2. The van der Waals surface area contributed by atoms with Gasteiger partial charge in [-0.3, -0.25) is 35.1 Å². The van der Waals surface area contributed by atoms with E-state index in [2.05, 4.69) is 5.32 Å². The Balaban J connectivity index is 2.03. The molecule has 0 radical (unpaired) electrons. The van der Waals surface area contributed by atoms with Crippen molar-refractivity contribution in [1.29, 1.82) is 0 Å². The monoisotopic (exact) mass is 410 g/mol. The number of benzene rings is 1. The molecule has 2 rings (SSSR count). The molecule has 0 spiro atoms. The van der Waals surface area contributed by atoms with Crippen LogP contribution in [0.4, 0.5) is 11.4 Å². The zero-order chi connectivity index (χ0) is 20.8. The quantitative estimate of drug-likeness (QED) is 0.332. The van der Waals surface area contributed by atoms with Crippen molar-refractivity contribution >= 4 is 40.6 Å². The Hall–Kier alpha value is -3.15. The van der Waals surface area contributed by atoms with E-state index in [-0.39, 0.29) is 22.6 Å². The molecule has 0 atom stereocenters. The molecular formula is C16H18N4O7S. The van der Waals surface area contributed by atoms with Gasteiger partial charge in [-0.15, -0.1) is 0 Å². The Morgan fingerprint density at radius 1 is 1.18 bits per heavy atom. The lowest BCUT2D eigenvalue weighted by Crippen LogP contribution is -2.47. The van der Waals surface area contributed by atoms with Gasteiger partial charge in [0.05, 0.1) is 34.0 Å². The number of nitro groups is 2. The molecule has 0 unspecified atom stereocenters. The van der Waals surface area contributed by atoms with Crippen molar-refractivity contribution in [3.63, 3.8) is 0 Å². The van der Waals surface area contributed by atoms with Crippen molar-refractivity contribution < 1.29 is 24.2 Å². The van der Waals surface area contributed by atoms with E-state index in [0.717, 1.165) is 18.2 Å². The van der Waals surface area contributed by atoms with Gasteiger partial charge in [-0.1, -0.05) is 0 Å². The summed E-state index contributed by atoms with van der Waals surface area (Å²) >= 11 is 5.18. The minimum Gasteiger partial charge on any atom is -0.466 e. The van der Waals surface area contributed by atoms with Crippen LogP contribution in [-0.2, 0) is 9.53 Å². The summed E-state index contributed by atoms with van der Waals surface area (Å²) in [5, 5.41) is 24.4. The maximum Gasteiger partial charge on any atom is 0.309 e. The van der Waals surface area contributed by atoms with E-state index in [0.29, 0.717) is 32.5 Å². The van der Waals surface area contributed by atoms with E-state index in [1.807, 2.05) is 0 Å². The highest BCUT2D eigenvalue weighted by Crippen LogP contribution is 2.23. The SMILES string of the molecule is CCOC(=O)C1CCN(C(=S)NC(=O)c2cc([N+](=O)[O-])cc([N+](=O)[O-])c2)CC1. The molecule has 150 valence electrons. The van der Waals surface area contributed by atoms with E-state index < -0.39 is 27.1 Å². The van der Waals surface area contributed by atoms with Gasteiger partial charge >= 0.3 is 5.97 Å². The molecule has 1 aliphatic heterocycles. The van der Waals surface area contributed by atoms with Crippen LogP contribution in [0.25, 0.3) is 0 Å². The molecule has 0 saturated carbocycles. The molecule has 1 amide bonds. The molecule has 1 fully saturated rings. The van der Waals surface area contributed by atoms with Crippen molar-refractivity contribution in [2.75, 3.05) is 19.7 Å². The Bertz CT molecular complexity index is 789. The van der Waals surface area contributed by atoms with Crippen LogP contribution in [0.1, 0.15) is 30.1 Å². The number of nitrogens with zero attached hydrogens (tertiary/aromatic N) is 3. The molecule has 1 saturated heterocycles. The number of non-ortho nitro benzene ring substituents is 2. The van der Waals surface area contributed by atoms with Crippen molar-refractivity contribution in [3.05, 3.63) is 44.0 Å². The van der Waals surface area contributed by atoms with Crippen LogP contribution < -0.4 is 5.32 Å². The lowest BCUT2D eigenvalue weighted by Gasteiger charge is -2.32. The second kappa shape index (κ2) is 9.17. The summed E-state index contributed by atoms with van der Waals surface area (Å²) in [6.07, 6.45) is 1.02. The standard InChI is InChI=1S/C16H18N4O7S/c1-2-27-15(22)10-3-5-18(6-4-10)16(28)17-14(21)11-7-12(19(23)24)9-13(8-11)20(25)26/h7-10H,2-6H2,1H3,(H,17,21,28). The predicted molar refractivity (Wildman–Crippen MR) is 101 cm³/mol. The lowest BCUT2D eigenvalue weighted by atomic mass is 9.97. The van der Waals surface area contributed by atoms with Crippen LogP contribution in [0.3, 0.4) is 0 Å². The van der Waals surface area contributed by atoms with E-state index >= 15 is 0 Å². The Labute approximate surface area is 164 Å². The maximum absolute atomic E-state index is 12.4. The van der Waals surface area contributed by atoms with E-state index in [4.69, 9.17) is 17.0 Å². The highest BCUT2D eigenvalue weighted by atomic mass is 32.1. The third-order valence-electron chi connectivity index (χ3n) is 4.21. The first kappa shape index (κ1) is 21.2. The molecule has 28 heavy (non-hydrogen) atoms. The molecule has 0 aromatic heterocycles. The van der Waals surface area contributed by atoms with Crippen molar-refractivity contribution in [2.24, 2.45) is 5.92 Å². The second-order valence-corrected chi connectivity index (χ2v) is 6.41. The summed E-state index contributed by atoms with van der Waals surface area (Å²) in [5.74, 6) is -1.28. The molecular weight excluding hydrogens is 392 g/mol. The van der Waals surface area contributed by atoms with Gasteiger partial charge in [0.25, 0.3) is 17.3 Å². The summed E-state index contributed by atoms with van der Waals surface area (Å²) in [6.45, 7) is 2.90. The van der Waals surface area contributed by atoms with Crippen LogP contribution in [0.5, 0.6) is 0 Å². The van der Waals surface area contributed by atoms with Gasteiger partial charge in [-0.2, -0.15) is 0 Å². The van der Waals surface area contributed by atoms with Crippen molar-refractivity contribution in [3.8, 4) is 0 Å². The third kappa shape index (κ3) is 5.19. The van der Waals surface area contributed by atoms with Gasteiger partial charge < -0.3 is 9.64 Å². The minimum absolute atomic E-state index is 0.0847. The normalized spacial score (nSPS) is 14.2. The first-order valence-electron chi connectivity index (χ1n) is 8.43. The number of hydrogen-bond acceptors (Lipinski definition) is 8. The van der Waals surface area contributed by atoms with Gasteiger partial charge in [-0.05, 0) is 32.0 Å². The number of likely N-dealkylation sites (tertiary alicyclic amines) is 1. The number of carbonyl (C=O) groups excluding carboxylic acids is 2. The summed E-state index contributed by atoms with van der Waals surface area (Å²) in [5.41, 5.74) is -1.38. The zero-order valence-corrected chi connectivity index (χ0v) is 15.8. The topological polar surface area (TPSA) is 145 Å². The molecule has 0 bridgehead atoms. The Morgan fingerprint density at radius 3 is 2.18 bits per heavy atom. The Kier molecular flexibility index (Phi) is 6.93. The summed E-state index contributed by atoms with van der Waals surface area (Å²) in [4.78, 5) is 46.0. The van der Waals surface area contributed by atoms with Gasteiger partial charge in [0.15, 0.2) is 5.11 Å². The van der Waals surface area contributed by atoms with Crippen LogP contribution in [0.2, 0.25) is 0 Å². The zero-order valence-electron chi connectivity index (χ0n) is 15.0. The van der Waals surface area contributed by atoms with E-state index in [1.165, 1.54) is 0 Å². The second-order valence-electron chi connectivity index (χ2n) is 6.02. The third-order valence-corrected chi connectivity index (χ3v) is 4.57. The van der Waals surface area contributed by atoms with Crippen LogP contribution >= 0.6 is 12.2 Å². The average Bonchev–Trinajstić information content (AvgIpc) is 2.67. The molecule has 1 heterocycles. The van der Waals surface area contributed by atoms with Crippen molar-refractivity contribution in [1.82, 2.24) is 10.2 Å². The smallest absolute Gasteiger partial charge is 0.309 e. The maximum atomic E-state index is 12.4. The van der Waals surface area contributed by atoms with Gasteiger partial charge in [0.2, 0.25) is 0 Å². The van der Waals surface area contributed by atoms with E-state index in [9.17, 15) is 29.8 Å². The first-order valence-corrected chi connectivity index (χ1v) is 8.84. The summed E-state index contributed by atoms with van der Waals surface area (Å²) in [7, 11) is 0. The molecule has 11 nitrogen and oxygen atoms in total. The number of thiocarbonyl (C=S) groups is 1. The van der Waals surface area contributed by atoms with Crippen molar-refractivity contribution in [2.45, 2.75) is 19.8 Å². The first-order chi connectivity index (χ1) is 13.2. The fraction of sp³-hybridized carbons (Fsp3) is 0.438. The largest absolute Gasteiger partial charge is 0.466 e. The fourth-order valence-corrected chi connectivity index (χ4v) is 3.04. The number of amides is 1. The number of ether oxygens (including phenoxy) is 1. The molecule has 1 aliphatic rings. The molecule has 1 aromatic rings. The highest BCUT2D eigenvalue weighted by molar-refractivity contribution is 7.80. The molecule has 0 aliphatic carbocycles. The molecule has 1 aromatic carbocycles. The summed E-state index contributed by atoms with van der Waals surface area (Å²) < 4.78 is 4.99. The fourth-order valence-electron chi connectivity index (χ4n) is 2.76. The van der Waals surface area contributed by atoms with Crippen LogP contribution in [0, 0.1) is 26.1 Å².